The quantitative estimate of drug-likeness (QED) is 0.596. The number of anilines is 1. The molecule has 9 heteroatoms. The summed E-state index contributed by atoms with van der Waals surface area (Å²) in [7, 11) is 1.85. The Bertz CT molecular complexity index is 1040. The molecule has 1 aromatic carbocycles. The molecule has 3 aromatic heterocycles. The minimum atomic E-state index is -2.74. The Labute approximate surface area is 147 Å². The van der Waals surface area contributed by atoms with Crippen molar-refractivity contribution in [3.8, 4) is 11.3 Å². The van der Waals surface area contributed by atoms with Crippen molar-refractivity contribution in [2.24, 2.45) is 7.05 Å². The van der Waals surface area contributed by atoms with Gasteiger partial charge >= 0.3 is 0 Å². The molecular formula is C17H15F2N7. The van der Waals surface area contributed by atoms with Gasteiger partial charge in [0, 0.05) is 30.9 Å². The van der Waals surface area contributed by atoms with Crippen molar-refractivity contribution in [3.63, 3.8) is 0 Å². The van der Waals surface area contributed by atoms with E-state index in [-0.39, 0.29) is 5.65 Å². The Morgan fingerprint density at radius 1 is 1.04 bits per heavy atom. The minimum Gasteiger partial charge on any atom is -0.364 e. The third-order valence-electron chi connectivity index (χ3n) is 3.89. The van der Waals surface area contributed by atoms with Gasteiger partial charge in [-0.1, -0.05) is 30.3 Å². The van der Waals surface area contributed by atoms with Crippen molar-refractivity contribution in [1.29, 1.82) is 0 Å². The lowest BCUT2D eigenvalue weighted by molar-refractivity contribution is 0.137. The highest BCUT2D eigenvalue weighted by molar-refractivity contribution is 5.63. The van der Waals surface area contributed by atoms with Gasteiger partial charge in [0.1, 0.15) is 5.82 Å². The van der Waals surface area contributed by atoms with Crippen LogP contribution in [0.2, 0.25) is 0 Å². The van der Waals surface area contributed by atoms with E-state index in [1.54, 1.807) is 16.8 Å². The van der Waals surface area contributed by atoms with Gasteiger partial charge in [0.2, 0.25) is 5.82 Å². The van der Waals surface area contributed by atoms with E-state index in [0.29, 0.717) is 12.4 Å². The third-order valence-corrected chi connectivity index (χ3v) is 3.89. The van der Waals surface area contributed by atoms with Gasteiger partial charge in [-0.05, 0) is 12.1 Å². The van der Waals surface area contributed by atoms with Crippen LogP contribution in [0.3, 0.4) is 0 Å². The van der Waals surface area contributed by atoms with E-state index in [0.717, 1.165) is 21.3 Å². The molecule has 3 heterocycles. The second kappa shape index (κ2) is 6.51. The second-order valence-corrected chi connectivity index (χ2v) is 5.74. The van der Waals surface area contributed by atoms with E-state index >= 15 is 0 Å². The molecule has 0 spiro atoms. The Morgan fingerprint density at radius 3 is 2.62 bits per heavy atom. The topological polar surface area (TPSA) is 72.9 Å². The summed E-state index contributed by atoms with van der Waals surface area (Å²) in [5.74, 6) is -0.0305. The van der Waals surface area contributed by atoms with Gasteiger partial charge in [0.25, 0.3) is 6.43 Å². The number of halogens is 2. The molecule has 0 atom stereocenters. The number of rotatable bonds is 5. The molecule has 132 valence electrons. The maximum absolute atomic E-state index is 13.0. The molecule has 4 rings (SSSR count). The number of hydrogen-bond donors (Lipinski definition) is 1. The van der Waals surface area contributed by atoms with Gasteiger partial charge in [-0.25, -0.2) is 8.78 Å². The predicted molar refractivity (Wildman–Crippen MR) is 91.7 cm³/mol. The van der Waals surface area contributed by atoms with Gasteiger partial charge < -0.3 is 5.32 Å². The van der Waals surface area contributed by atoms with Crippen molar-refractivity contribution < 1.29 is 8.78 Å². The van der Waals surface area contributed by atoms with Crippen molar-refractivity contribution in [3.05, 3.63) is 60.0 Å². The molecule has 0 saturated carbocycles. The highest BCUT2D eigenvalue weighted by Gasteiger charge is 2.17. The molecule has 4 aromatic rings. The molecule has 0 unspecified atom stereocenters. The Morgan fingerprint density at radius 2 is 1.85 bits per heavy atom. The molecular weight excluding hydrogens is 340 g/mol. The average molecular weight is 355 g/mol. The molecule has 1 N–H and O–H groups in total. The van der Waals surface area contributed by atoms with Gasteiger partial charge in [-0.3, -0.25) is 4.68 Å². The van der Waals surface area contributed by atoms with E-state index in [1.165, 1.54) is 0 Å². The van der Waals surface area contributed by atoms with Crippen LogP contribution in [0.4, 0.5) is 14.6 Å². The summed E-state index contributed by atoms with van der Waals surface area (Å²) in [6.07, 6.45) is -0.826. The maximum Gasteiger partial charge on any atom is 0.299 e. The van der Waals surface area contributed by atoms with Crippen LogP contribution < -0.4 is 5.32 Å². The summed E-state index contributed by atoms with van der Waals surface area (Å²) in [6.45, 7) is 0.447. The first-order valence-corrected chi connectivity index (χ1v) is 7.94. The SMILES string of the molecule is Cn1cc(CNc2ccc3nnc(C(F)F)n3n2)c(-c2ccccc2)n1. The molecule has 0 bridgehead atoms. The summed E-state index contributed by atoms with van der Waals surface area (Å²) in [4.78, 5) is 0. The number of alkyl halides is 2. The zero-order valence-corrected chi connectivity index (χ0v) is 13.8. The van der Waals surface area contributed by atoms with Crippen molar-refractivity contribution in [2.75, 3.05) is 5.32 Å². The Kier molecular flexibility index (Phi) is 4.04. The smallest absolute Gasteiger partial charge is 0.299 e. The number of hydrogen-bond acceptors (Lipinski definition) is 5. The molecule has 0 aliphatic carbocycles. The number of nitrogens with one attached hydrogen (secondary N) is 1. The lowest BCUT2D eigenvalue weighted by atomic mass is 10.1. The minimum absolute atomic E-state index is 0.275. The molecule has 0 aliphatic heterocycles. The first-order chi connectivity index (χ1) is 12.6. The number of aryl methyl sites for hydroxylation is 1. The van der Waals surface area contributed by atoms with Gasteiger partial charge in [-0.2, -0.15) is 9.61 Å². The first-order valence-electron chi connectivity index (χ1n) is 7.94. The summed E-state index contributed by atoms with van der Waals surface area (Å²) in [5, 5.41) is 19.0. The van der Waals surface area contributed by atoms with Crippen LogP contribution >= 0.6 is 0 Å². The number of aromatic nitrogens is 6. The van der Waals surface area contributed by atoms with Crippen LogP contribution in [-0.4, -0.2) is 29.6 Å². The van der Waals surface area contributed by atoms with Crippen molar-refractivity contribution in [1.82, 2.24) is 29.6 Å². The molecule has 7 nitrogen and oxygen atoms in total. The van der Waals surface area contributed by atoms with E-state index in [9.17, 15) is 8.78 Å². The van der Waals surface area contributed by atoms with Crippen LogP contribution in [0.1, 0.15) is 17.8 Å². The number of benzene rings is 1. The van der Waals surface area contributed by atoms with Crippen LogP contribution in [0.15, 0.2) is 48.7 Å². The van der Waals surface area contributed by atoms with E-state index in [2.05, 4.69) is 25.7 Å². The fourth-order valence-electron chi connectivity index (χ4n) is 2.73. The zero-order chi connectivity index (χ0) is 18.1. The van der Waals surface area contributed by atoms with Gasteiger partial charge in [0.05, 0.1) is 5.69 Å². The van der Waals surface area contributed by atoms with Crippen LogP contribution in [0.25, 0.3) is 16.9 Å². The summed E-state index contributed by atoms with van der Waals surface area (Å²) in [5.41, 5.74) is 3.11. The molecule has 0 amide bonds. The highest BCUT2D eigenvalue weighted by atomic mass is 19.3. The fourth-order valence-corrected chi connectivity index (χ4v) is 2.73. The first kappa shape index (κ1) is 16.1. The lowest BCUT2D eigenvalue weighted by Crippen LogP contribution is -2.06. The fraction of sp³-hybridized carbons (Fsp3) is 0.176. The Hall–Kier alpha value is -3.36. The highest BCUT2D eigenvalue weighted by Crippen LogP contribution is 2.23. The maximum atomic E-state index is 13.0. The third kappa shape index (κ3) is 2.99. The van der Waals surface area contributed by atoms with Gasteiger partial charge in [0.15, 0.2) is 5.65 Å². The number of fused-ring (bicyclic) bond motifs is 1. The molecule has 0 radical (unpaired) electrons. The molecule has 0 fully saturated rings. The van der Waals surface area contributed by atoms with E-state index in [4.69, 9.17) is 0 Å². The summed E-state index contributed by atoms with van der Waals surface area (Å²) >= 11 is 0. The Balaban J connectivity index is 1.60. The molecule has 0 aliphatic rings. The van der Waals surface area contributed by atoms with Crippen molar-refractivity contribution in [2.45, 2.75) is 13.0 Å². The average Bonchev–Trinajstić information content (AvgIpc) is 3.23. The standard InChI is InChI=1S/C17H15F2N7/c1-25-10-12(15(24-25)11-5-3-2-4-6-11)9-20-13-7-8-14-21-22-17(16(18)19)26(14)23-13/h2-8,10,16H,9H2,1H3,(H,20,23). The van der Waals surface area contributed by atoms with Crippen molar-refractivity contribution >= 4 is 11.5 Å². The monoisotopic (exact) mass is 355 g/mol. The van der Waals surface area contributed by atoms with E-state index < -0.39 is 12.2 Å². The number of nitrogens with zero attached hydrogens (tertiary/aromatic N) is 6. The van der Waals surface area contributed by atoms with Crippen LogP contribution in [-0.2, 0) is 13.6 Å². The molecule has 0 saturated heterocycles. The van der Waals surface area contributed by atoms with Gasteiger partial charge in [-0.15, -0.1) is 15.3 Å². The molecule has 26 heavy (non-hydrogen) atoms. The van der Waals surface area contributed by atoms with Crippen LogP contribution in [0, 0.1) is 0 Å². The summed E-state index contributed by atoms with van der Waals surface area (Å²) in [6, 6.07) is 13.1. The predicted octanol–water partition coefficient (Wildman–Crippen LogP) is 3.07. The summed E-state index contributed by atoms with van der Waals surface area (Å²) < 4.78 is 28.7. The van der Waals surface area contributed by atoms with Crippen LogP contribution in [0.5, 0.6) is 0 Å². The van der Waals surface area contributed by atoms with E-state index in [1.807, 2.05) is 43.6 Å². The largest absolute Gasteiger partial charge is 0.364 e. The lowest BCUT2D eigenvalue weighted by Gasteiger charge is -2.07. The normalized spacial score (nSPS) is 11.4. The zero-order valence-electron chi connectivity index (χ0n) is 13.8. The second-order valence-electron chi connectivity index (χ2n) is 5.74.